The fourth-order valence-electron chi connectivity index (χ4n) is 2.98. The smallest absolute Gasteiger partial charge is 0.255 e. The van der Waals surface area contributed by atoms with Gasteiger partial charge in [0.1, 0.15) is 0 Å². The lowest BCUT2D eigenvalue weighted by atomic mass is 9.93. The second-order valence-corrected chi connectivity index (χ2v) is 7.63. The maximum absolute atomic E-state index is 12.5. The number of hydrogen-bond donors (Lipinski definition) is 2. The zero-order valence-electron chi connectivity index (χ0n) is 16.2. The highest BCUT2D eigenvalue weighted by Gasteiger charge is 2.21. The second-order valence-electron chi connectivity index (χ2n) is 7.22. The first-order valence-electron chi connectivity index (χ1n) is 9.33. The van der Waals surface area contributed by atoms with Crippen molar-refractivity contribution in [1.82, 2.24) is 14.9 Å². The third-order valence-electron chi connectivity index (χ3n) is 4.69. The molecule has 28 heavy (non-hydrogen) atoms. The van der Waals surface area contributed by atoms with Crippen molar-refractivity contribution in [3.63, 3.8) is 0 Å². The number of carbonyl (C=O) groups excluding carboxylic acids is 1. The van der Waals surface area contributed by atoms with Gasteiger partial charge in [-0.2, -0.15) is 0 Å². The van der Waals surface area contributed by atoms with Gasteiger partial charge in [0.2, 0.25) is 0 Å². The Morgan fingerprint density at radius 1 is 1.18 bits per heavy atom. The number of nitrogens with one attached hydrogen (secondary N) is 2. The molecule has 0 aliphatic heterocycles. The molecule has 146 valence electrons. The molecule has 0 radical (unpaired) electrons. The fourth-order valence-corrected chi connectivity index (χ4v) is 3.14. The molecule has 1 amide bonds. The van der Waals surface area contributed by atoms with Crippen LogP contribution in [0.1, 0.15) is 36.2 Å². The largest absolute Gasteiger partial charge is 0.337 e. The number of carbonyl (C=O) groups is 1. The monoisotopic (exact) mass is 396 g/mol. The number of anilines is 1. The van der Waals surface area contributed by atoms with Gasteiger partial charge in [0.25, 0.3) is 5.91 Å². The predicted molar refractivity (Wildman–Crippen MR) is 114 cm³/mol. The molecule has 0 spiro atoms. The van der Waals surface area contributed by atoms with Crippen LogP contribution in [0.2, 0.25) is 5.02 Å². The normalized spacial score (nSPS) is 11.4. The molecule has 5 nitrogen and oxygen atoms in total. The summed E-state index contributed by atoms with van der Waals surface area (Å²) in [5, 5.41) is 7.01. The van der Waals surface area contributed by atoms with Gasteiger partial charge in [-0.05, 0) is 56.6 Å². The van der Waals surface area contributed by atoms with Crippen molar-refractivity contribution in [2.75, 3.05) is 11.9 Å². The van der Waals surface area contributed by atoms with Crippen molar-refractivity contribution < 1.29 is 4.79 Å². The van der Waals surface area contributed by atoms with Crippen LogP contribution in [0.15, 0.2) is 67.3 Å². The summed E-state index contributed by atoms with van der Waals surface area (Å²) in [6.07, 6.45) is 6.57. The van der Waals surface area contributed by atoms with Crippen LogP contribution >= 0.6 is 11.6 Å². The predicted octanol–water partition coefficient (Wildman–Crippen LogP) is 4.70. The van der Waals surface area contributed by atoms with Crippen LogP contribution < -0.4 is 10.6 Å². The number of imidazole rings is 1. The van der Waals surface area contributed by atoms with Gasteiger partial charge >= 0.3 is 0 Å². The Balaban J connectivity index is 1.64. The maximum atomic E-state index is 12.5. The first-order chi connectivity index (χ1) is 13.5. The third kappa shape index (κ3) is 5.21. The molecule has 6 heteroatoms. The molecule has 2 N–H and O–H groups in total. The summed E-state index contributed by atoms with van der Waals surface area (Å²) in [4.78, 5) is 16.5. The van der Waals surface area contributed by atoms with Crippen molar-refractivity contribution in [2.24, 2.45) is 0 Å². The molecule has 0 aliphatic carbocycles. The summed E-state index contributed by atoms with van der Waals surface area (Å²) < 4.78 is 2.06. The first-order valence-corrected chi connectivity index (χ1v) is 9.71. The lowest BCUT2D eigenvalue weighted by molar-refractivity contribution is 0.102. The molecular weight excluding hydrogens is 372 g/mol. The molecule has 0 atom stereocenters. The highest BCUT2D eigenvalue weighted by Crippen LogP contribution is 2.29. The molecule has 0 aliphatic rings. The van der Waals surface area contributed by atoms with Crippen molar-refractivity contribution in [1.29, 1.82) is 0 Å². The number of amides is 1. The Bertz CT molecular complexity index is 908. The van der Waals surface area contributed by atoms with Crippen LogP contribution in [-0.2, 0) is 12.1 Å². The fraction of sp³-hybridized carbons (Fsp3) is 0.273. The van der Waals surface area contributed by atoms with Crippen LogP contribution in [0.4, 0.5) is 5.69 Å². The first kappa shape index (κ1) is 20.1. The summed E-state index contributed by atoms with van der Waals surface area (Å²) >= 11 is 6.32. The third-order valence-corrected chi connectivity index (χ3v) is 5.02. The number of hydrogen-bond acceptors (Lipinski definition) is 3. The van der Waals surface area contributed by atoms with Crippen molar-refractivity contribution in [3.8, 4) is 0 Å². The number of benzene rings is 2. The topological polar surface area (TPSA) is 59.0 Å². The van der Waals surface area contributed by atoms with Crippen molar-refractivity contribution in [3.05, 3.63) is 83.4 Å². The molecule has 2 aromatic carbocycles. The van der Waals surface area contributed by atoms with E-state index in [0.29, 0.717) is 16.3 Å². The Labute approximate surface area is 170 Å². The summed E-state index contributed by atoms with van der Waals surface area (Å²) in [7, 11) is 0. The Hall–Kier alpha value is -2.63. The number of nitrogens with zero attached hydrogens (tertiary/aromatic N) is 2. The van der Waals surface area contributed by atoms with E-state index in [0.717, 1.165) is 25.1 Å². The van der Waals surface area contributed by atoms with E-state index in [2.05, 4.69) is 34.0 Å². The van der Waals surface area contributed by atoms with E-state index >= 15 is 0 Å². The van der Waals surface area contributed by atoms with E-state index in [-0.39, 0.29) is 11.4 Å². The molecule has 3 aromatic rings. The van der Waals surface area contributed by atoms with E-state index < -0.39 is 0 Å². The molecule has 0 fully saturated rings. The molecule has 0 bridgehead atoms. The zero-order chi connectivity index (χ0) is 20.0. The highest BCUT2D eigenvalue weighted by atomic mass is 35.5. The summed E-state index contributed by atoms with van der Waals surface area (Å²) in [6, 6.07) is 14.9. The van der Waals surface area contributed by atoms with Gasteiger partial charge in [0, 0.05) is 30.0 Å². The van der Waals surface area contributed by atoms with Crippen molar-refractivity contribution in [2.45, 2.75) is 32.4 Å². The average Bonchev–Trinajstić information content (AvgIpc) is 3.21. The second kappa shape index (κ2) is 9.04. The van der Waals surface area contributed by atoms with Gasteiger partial charge in [-0.25, -0.2) is 4.98 Å². The summed E-state index contributed by atoms with van der Waals surface area (Å²) in [6.45, 7) is 6.02. The molecule has 1 heterocycles. The van der Waals surface area contributed by atoms with E-state index in [1.54, 1.807) is 18.3 Å². The maximum Gasteiger partial charge on any atom is 0.255 e. The van der Waals surface area contributed by atoms with Crippen molar-refractivity contribution >= 4 is 23.2 Å². The van der Waals surface area contributed by atoms with Crippen LogP contribution in [0, 0.1) is 0 Å². The van der Waals surface area contributed by atoms with E-state index in [1.165, 1.54) is 0 Å². The van der Waals surface area contributed by atoms with E-state index in [9.17, 15) is 4.79 Å². The van der Waals surface area contributed by atoms with Gasteiger partial charge in [-0.3, -0.25) is 4.79 Å². The molecule has 1 aromatic heterocycles. The van der Waals surface area contributed by atoms with Crippen LogP contribution in [0.25, 0.3) is 0 Å². The van der Waals surface area contributed by atoms with Gasteiger partial charge < -0.3 is 15.2 Å². The SMILES string of the molecule is CC(C)(NCCCn1ccnc1)c1ccc(Cl)c(NC(=O)c2ccccc2)c1. The molecular formula is C22H25ClN4O. The number of halogens is 1. The Kier molecular flexibility index (Phi) is 6.49. The van der Waals surface area contributed by atoms with Gasteiger partial charge in [0.15, 0.2) is 0 Å². The molecule has 0 saturated heterocycles. The number of rotatable bonds is 8. The minimum atomic E-state index is -0.258. The molecule has 0 saturated carbocycles. The number of aryl methyl sites for hydroxylation is 1. The van der Waals surface area contributed by atoms with Crippen LogP contribution in [-0.4, -0.2) is 22.0 Å². The van der Waals surface area contributed by atoms with Gasteiger partial charge in [-0.1, -0.05) is 35.9 Å². The standard InChI is InChI=1S/C22H25ClN4O/c1-22(2,25-11-6-13-27-14-12-24-16-27)18-9-10-19(23)20(15-18)26-21(28)17-7-4-3-5-8-17/h3-5,7-10,12,14-16,25H,6,11,13H2,1-2H3,(H,26,28). The van der Waals surface area contributed by atoms with E-state index in [4.69, 9.17) is 11.6 Å². The average molecular weight is 397 g/mol. The lowest BCUT2D eigenvalue weighted by Gasteiger charge is -2.28. The lowest BCUT2D eigenvalue weighted by Crippen LogP contribution is -2.37. The minimum Gasteiger partial charge on any atom is -0.337 e. The quantitative estimate of drug-likeness (QED) is 0.542. The number of aromatic nitrogens is 2. The highest BCUT2D eigenvalue weighted by molar-refractivity contribution is 6.34. The molecule has 0 unspecified atom stereocenters. The Morgan fingerprint density at radius 3 is 2.68 bits per heavy atom. The summed E-state index contributed by atoms with van der Waals surface area (Å²) in [5.41, 5.74) is 2.01. The minimum absolute atomic E-state index is 0.175. The molecule has 3 rings (SSSR count). The van der Waals surface area contributed by atoms with Crippen LogP contribution in [0.3, 0.4) is 0 Å². The Morgan fingerprint density at radius 2 is 1.96 bits per heavy atom. The van der Waals surface area contributed by atoms with Crippen LogP contribution in [0.5, 0.6) is 0 Å². The van der Waals surface area contributed by atoms with Gasteiger partial charge in [-0.15, -0.1) is 0 Å². The van der Waals surface area contributed by atoms with Gasteiger partial charge in [0.05, 0.1) is 17.0 Å². The zero-order valence-corrected chi connectivity index (χ0v) is 16.9. The van der Waals surface area contributed by atoms with E-state index in [1.807, 2.05) is 48.9 Å². The summed E-state index contributed by atoms with van der Waals surface area (Å²) in [5.74, 6) is -0.175.